The van der Waals surface area contributed by atoms with Crippen molar-refractivity contribution in [2.45, 2.75) is 6.42 Å². The second-order valence-corrected chi connectivity index (χ2v) is 2.44. The number of aldehydes is 1. The predicted molar refractivity (Wildman–Crippen MR) is 50.3 cm³/mol. The number of nitrogens with zero attached hydrogens (tertiary/aromatic N) is 2. The molecule has 0 N–H and O–H groups in total. The van der Waals surface area contributed by atoms with Gasteiger partial charge in [0.15, 0.2) is 0 Å². The molecule has 0 aliphatic carbocycles. The molecule has 0 spiro atoms. The number of rotatable bonds is 3. The van der Waals surface area contributed by atoms with E-state index >= 15 is 0 Å². The second kappa shape index (κ2) is 6.79. The van der Waals surface area contributed by atoms with Crippen LogP contribution in [0.25, 0.3) is 0 Å². The molecule has 0 fully saturated rings. The summed E-state index contributed by atoms with van der Waals surface area (Å²) in [6.45, 7) is 0. The van der Waals surface area contributed by atoms with Crippen LogP contribution >= 0.6 is 0 Å². The van der Waals surface area contributed by atoms with Gasteiger partial charge in [-0.25, -0.2) is 0 Å². The van der Waals surface area contributed by atoms with Crippen LogP contribution in [0, 0.1) is 17.2 Å². The predicted octanol–water partition coefficient (Wildman–Crippen LogP) is 0.314. The molecule has 0 aliphatic heterocycles. The van der Waals surface area contributed by atoms with Crippen LogP contribution < -0.4 is 0 Å². The topological polar surface area (TPSA) is 53.8 Å². The summed E-state index contributed by atoms with van der Waals surface area (Å²) in [5, 5.41) is 8.49. The molecule has 62 valence electrons. The van der Waals surface area contributed by atoms with Gasteiger partial charge in [-0.05, 0) is 18.1 Å². The molecule has 1 atom stereocenters. The summed E-state index contributed by atoms with van der Waals surface area (Å²) < 4.78 is 0. The van der Waals surface area contributed by atoms with Gasteiger partial charge in [0.1, 0.15) is 12.2 Å². The maximum atomic E-state index is 10.3. The Bertz CT molecular complexity index is 294. The molecule has 0 saturated heterocycles. The molecule has 1 aromatic heterocycles. The Labute approximate surface area is 99.1 Å². The van der Waals surface area contributed by atoms with Crippen molar-refractivity contribution < 1.29 is 4.79 Å². The van der Waals surface area contributed by atoms with Crippen molar-refractivity contribution in [2.24, 2.45) is 5.92 Å². The van der Waals surface area contributed by atoms with Crippen LogP contribution in [-0.2, 0) is 11.2 Å². The van der Waals surface area contributed by atoms with Crippen LogP contribution in [0.4, 0.5) is 0 Å². The van der Waals surface area contributed by atoms with E-state index < -0.39 is 5.92 Å². The van der Waals surface area contributed by atoms with E-state index in [2.05, 4.69) is 4.98 Å². The van der Waals surface area contributed by atoms with Crippen molar-refractivity contribution in [3.8, 4) is 6.07 Å². The standard InChI is InChI=1S/C9H8N2O.Na.H/c10-5-9(7-12)4-8-2-1-3-11-6-8;;/h1-3,6-7,9H,4H2;;. The van der Waals surface area contributed by atoms with Gasteiger partial charge >= 0.3 is 29.6 Å². The summed E-state index contributed by atoms with van der Waals surface area (Å²) in [6.07, 6.45) is 4.43. The van der Waals surface area contributed by atoms with Crippen molar-refractivity contribution in [3.63, 3.8) is 0 Å². The summed E-state index contributed by atoms with van der Waals surface area (Å²) in [5.41, 5.74) is 0.913. The van der Waals surface area contributed by atoms with Gasteiger partial charge in [0, 0.05) is 12.4 Å². The van der Waals surface area contributed by atoms with E-state index in [9.17, 15) is 4.79 Å². The molecule has 3 nitrogen and oxygen atoms in total. The average molecular weight is 184 g/mol. The van der Waals surface area contributed by atoms with Crippen molar-refractivity contribution >= 4 is 35.8 Å². The van der Waals surface area contributed by atoms with Crippen LogP contribution in [0.1, 0.15) is 5.56 Å². The molecule has 1 heterocycles. The Kier molecular flexibility index (Phi) is 6.43. The van der Waals surface area contributed by atoms with Gasteiger partial charge in [0.05, 0.1) is 6.07 Å². The molecule has 0 aromatic carbocycles. The number of pyridine rings is 1. The van der Waals surface area contributed by atoms with E-state index in [0.29, 0.717) is 12.7 Å². The molecular formula is C9H9N2NaO. The summed E-state index contributed by atoms with van der Waals surface area (Å²) in [7, 11) is 0. The first-order chi connectivity index (χ1) is 5.86. The SMILES string of the molecule is N#CC(C=O)Cc1cccnc1.[NaH]. The van der Waals surface area contributed by atoms with Crippen LogP contribution in [0.15, 0.2) is 24.5 Å². The summed E-state index contributed by atoms with van der Waals surface area (Å²) >= 11 is 0. The molecule has 1 aromatic rings. The molecular weight excluding hydrogens is 175 g/mol. The molecule has 0 amide bonds. The fraction of sp³-hybridized carbons (Fsp3) is 0.222. The van der Waals surface area contributed by atoms with Crippen molar-refractivity contribution in [3.05, 3.63) is 30.1 Å². The van der Waals surface area contributed by atoms with Crippen molar-refractivity contribution in [1.82, 2.24) is 4.98 Å². The number of nitriles is 1. The van der Waals surface area contributed by atoms with Gasteiger partial charge in [-0.3, -0.25) is 4.98 Å². The Morgan fingerprint density at radius 1 is 1.69 bits per heavy atom. The molecule has 13 heavy (non-hydrogen) atoms. The van der Waals surface area contributed by atoms with E-state index in [4.69, 9.17) is 5.26 Å². The Morgan fingerprint density at radius 3 is 2.92 bits per heavy atom. The zero-order valence-electron chi connectivity index (χ0n) is 6.47. The minimum atomic E-state index is -0.547. The van der Waals surface area contributed by atoms with Crippen molar-refractivity contribution in [1.29, 1.82) is 5.26 Å². The zero-order chi connectivity index (χ0) is 8.81. The number of carbonyl (C=O) groups is 1. The molecule has 0 saturated carbocycles. The van der Waals surface area contributed by atoms with Gasteiger partial charge in [-0.1, -0.05) is 6.07 Å². The van der Waals surface area contributed by atoms with Gasteiger partial charge < -0.3 is 4.79 Å². The minimum absolute atomic E-state index is 0. The molecule has 1 unspecified atom stereocenters. The van der Waals surface area contributed by atoms with Gasteiger partial charge in [0.25, 0.3) is 0 Å². The first-order valence-corrected chi connectivity index (χ1v) is 3.60. The monoisotopic (exact) mass is 184 g/mol. The molecule has 0 aliphatic rings. The Balaban J connectivity index is 0.00000144. The number of aromatic nitrogens is 1. The van der Waals surface area contributed by atoms with Gasteiger partial charge in [0.2, 0.25) is 0 Å². The first kappa shape index (κ1) is 12.3. The third-order valence-electron chi connectivity index (χ3n) is 1.51. The summed E-state index contributed by atoms with van der Waals surface area (Å²) in [4.78, 5) is 14.2. The Hall–Kier alpha value is -0.690. The molecule has 0 radical (unpaired) electrons. The first-order valence-electron chi connectivity index (χ1n) is 3.60. The van der Waals surface area contributed by atoms with E-state index in [1.807, 2.05) is 12.1 Å². The zero-order valence-corrected chi connectivity index (χ0v) is 6.47. The number of hydrogen-bond donors (Lipinski definition) is 0. The quantitative estimate of drug-likeness (QED) is 0.502. The summed E-state index contributed by atoms with van der Waals surface area (Å²) in [6, 6.07) is 5.54. The summed E-state index contributed by atoms with van der Waals surface area (Å²) in [5.74, 6) is -0.547. The van der Waals surface area contributed by atoms with Crippen LogP contribution in [0.3, 0.4) is 0 Å². The van der Waals surface area contributed by atoms with Gasteiger partial charge in [-0.2, -0.15) is 5.26 Å². The van der Waals surface area contributed by atoms with Gasteiger partial charge in [-0.15, -0.1) is 0 Å². The van der Waals surface area contributed by atoms with E-state index in [0.717, 1.165) is 5.56 Å². The van der Waals surface area contributed by atoms with Crippen LogP contribution in [0.2, 0.25) is 0 Å². The fourth-order valence-electron chi connectivity index (χ4n) is 0.897. The number of carbonyl (C=O) groups excluding carboxylic acids is 1. The van der Waals surface area contributed by atoms with E-state index in [1.165, 1.54) is 0 Å². The molecule has 1 rings (SSSR count). The average Bonchev–Trinajstić information content (AvgIpc) is 2.16. The second-order valence-electron chi connectivity index (χ2n) is 2.44. The molecule has 0 bridgehead atoms. The third kappa shape index (κ3) is 4.18. The van der Waals surface area contributed by atoms with E-state index in [1.54, 1.807) is 18.5 Å². The fourth-order valence-corrected chi connectivity index (χ4v) is 0.897. The van der Waals surface area contributed by atoms with E-state index in [-0.39, 0.29) is 29.6 Å². The third-order valence-corrected chi connectivity index (χ3v) is 1.51. The molecule has 4 heteroatoms. The van der Waals surface area contributed by atoms with Crippen molar-refractivity contribution in [2.75, 3.05) is 0 Å². The maximum absolute atomic E-state index is 10.3. The number of hydrogen-bond acceptors (Lipinski definition) is 3. The normalized spacial score (nSPS) is 10.7. The van der Waals surface area contributed by atoms with Crippen LogP contribution in [-0.4, -0.2) is 40.8 Å². The Morgan fingerprint density at radius 2 is 2.46 bits per heavy atom. The van der Waals surface area contributed by atoms with Crippen LogP contribution in [0.5, 0.6) is 0 Å².